The van der Waals surface area contributed by atoms with Crippen LogP contribution in [0, 0.1) is 13.8 Å². The maximum Gasteiger partial charge on any atom is 0.273 e. The predicted molar refractivity (Wildman–Crippen MR) is 134 cm³/mol. The van der Waals surface area contributed by atoms with Gasteiger partial charge in [-0.1, -0.05) is 25.3 Å². The molecule has 0 spiro atoms. The highest BCUT2D eigenvalue weighted by molar-refractivity contribution is 7.09. The van der Waals surface area contributed by atoms with E-state index in [0.717, 1.165) is 42.1 Å². The molecule has 31 heavy (non-hydrogen) atoms. The number of aliphatic imine (C=N–C) groups is 1. The Balaban J connectivity index is 0.00000341. The summed E-state index contributed by atoms with van der Waals surface area (Å²) in [5.74, 6) is 0.0574. The summed E-state index contributed by atoms with van der Waals surface area (Å²) in [6.45, 7) is 7.25. The first-order valence-corrected chi connectivity index (χ1v) is 11.8. The third kappa shape index (κ3) is 6.53. The van der Waals surface area contributed by atoms with Crippen molar-refractivity contribution in [3.63, 3.8) is 0 Å². The number of thiazole rings is 1. The fourth-order valence-electron chi connectivity index (χ4n) is 3.90. The lowest BCUT2D eigenvalue weighted by Crippen LogP contribution is -2.38. The van der Waals surface area contributed by atoms with Crippen molar-refractivity contribution in [2.24, 2.45) is 4.99 Å². The Morgan fingerprint density at radius 1 is 1.19 bits per heavy atom. The van der Waals surface area contributed by atoms with E-state index in [1.54, 1.807) is 11.3 Å². The fourth-order valence-corrected chi connectivity index (χ4v) is 4.69. The van der Waals surface area contributed by atoms with Crippen molar-refractivity contribution >= 4 is 41.7 Å². The number of hydrogen-bond donors (Lipinski definition) is 0. The molecule has 1 aliphatic rings. The van der Waals surface area contributed by atoms with E-state index in [1.807, 2.05) is 30.7 Å². The zero-order valence-electron chi connectivity index (χ0n) is 19.4. The second-order valence-corrected chi connectivity index (χ2v) is 9.34. The van der Waals surface area contributed by atoms with Gasteiger partial charge in [0, 0.05) is 38.5 Å². The Morgan fingerprint density at radius 3 is 2.58 bits per heavy atom. The number of carbonyl (C=O) groups excluding carboxylic acids is 1. The number of hydrogen-bond acceptors (Lipinski definition) is 4. The normalized spacial score (nSPS) is 14.5. The molecule has 1 aliphatic carbocycles. The van der Waals surface area contributed by atoms with E-state index in [2.05, 4.69) is 47.8 Å². The lowest BCUT2D eigenvalue weighted by molar-refractivity contribution is 0.0691. The van der Waals surface area contributed by atoms with Gasteiger partial charge >= 0.3 is 0 Å². The van der Waals surface area contributed by atoms with Crippen LogP contribution >= 0.6 is 23.7 Å². The summed E-state index contributed by atoms with van der Waals surface area (Å²) in [5.41, 5.74) is 5.18. The van der Waals surface area contributed by atoms with Crippen molar-refractivity contribution in [2.75, 3.05) is 20.6 Å². The predicted octanol–water partition coefficient (Wildman–Crippen LogP) is 5.79. The average molecular weight is 463 g/mol. The number of rotatable bonds is 7. The van der Waals surface area contributed by atoms with Crippen LogP contribution in [-0.4, -0.2) is 53.7 Å². The number of nitrogens with zero attached hydrogens (tertiary/aromatic N) is 4. The number of benzene rings is 1. The SMILES string of the molecule is CCN(C)C=Nc1cc(C)c(Cc2nc(C(=O)N(C)C3CCCCC3)cs2)cc1C.Cl. The van der Waals surface area contributed by atoms with Crippen LogP contribution < -0.4 is 0 Å². The van der Waals surface area contributed by atoms with Crippen molar-refractivity contribution in [1.82, 2.24) is 14.8 Å². The molecule has 1 saturated carbocycles. The lowest BCUT2D eigenvalue weighted by Gasteiger charge is -2.30. The third-order valence-corrected chi connectivity index (χ3v) is 6.95. The standard InChI is InChI=1S/C24H34N4OS.ClH/c1-6-27(4)16-25-21-13-17(2)19(12-18(21)3)14-23-26-22(15-30-23)24(29)28(5)20-10-8-7-9-11-20;/h12-13,15-16,20H,6-11,14H2,1-5H3;1H. The highest BCUT2D eigenvalue weighted by Crippen LogP contribution is 2.27. The van der Waals surface area contributed by atoms with Crippen molar-refractivity contribution < 1.29 is 4.79 Å². The van der Waals surface area contributed by atoms with Gasteiger partial charge in [-0.2, -0.15) is 0 Å². The molecule has 0 bridgehead atoms. The quantitative estimate of drug-likeness (QED) is 0.386. The Morgan fingerprint density at radius 2 is 1.90 bits per heavy atom. The first kappa shape index (κ1) is 25.3. The highest BCUT2D eigenvalue weighted by Gasteiger charge is 2.24. The molecule has 2 aromatic rings. The molecule has 0 aliphatic heterocycles. The van der Waals surface area contributed by atoms with E-state index >= 15 is 0 Å². The molecule has 1 heterocycles. The van der Waals surface area contributed by atoms with Gasteiger partial charge in [-0.05, 0) is 56.4 Å². The first-order chi connectivity index (χ1) is 14.4. The molecule has 170 valence electrons. The molecule has 0 radical (unpaired) electrons. The molecular weight excluding hydrogens is 428 g/mol. The summed E-state index contributed by atoms with van der Waals surface area (Å²) in [7, 11) is 3.95. The van der Waals surface area contributed by atoms with Gasteiger partial charge in [0.15, 0.2) is 0 Å². The summed E-state index contributed by atoms with van der Waals surface area (Å²) >= 11 is 1.58. The minimum atomic E-state index is 0. The molecule has 3 rings (SSSR count). The second-order valence-electron chi connectivity index (χ2n) is 8.39. The van der Waals surface area contributed by atoms with Gasteiger partial charge in [-0.15, -0.1) is 23.7 Å². The Bertz CT molecular complexity index is 905. The molecule has 1 aromatic heterocycles. The van der Waals surface area contributed by atoms with Gasteiger partial charge in [-0.25, -0.2) is 9.98 Å². The minimum Gasteiger partial charge on any atom is -0.366 e. The minimum absolute atomic E-state index is 0. The maximum atomic E-state index is 12.9. The summed E-state index contributed by atoms with van der Waals surface area (Å²) < 4.78 is 0. The van der Waals surface area contributed by atoms with Crippen molar-refractivity contribution in [3.8, 4) is 0 Å². The van der Waals surface area contributed by atoms with Crippen molar-refractivity contribution in [2.45, 2.75) is 65.3 Å². The smallest absolute Gasteiger partial charge is 0.273 e. The number of carbonyl (C=O) groups is 1. The zero-order valence-corrected chi connectivity index (χ0v) is 21.0. The number of amides is 1. The van der Waals surface area contributed by atoms with Crippen LogP contribution in [0.2, 0.25) is 0 Å². The largest absolute Gasteiger partial charge is 0.366 e. The van der Waals surface area contributed by atoms with Crippen LogP contribution in [0.1, 0.15) is 71.2 Å². The van der Waals surface area contributed by atoms with Crippen molar-refractivity contribution in [1.29, 1.82) is 0 Å². The van der Waals surface area contributed by atoms with E-state index in [4.69, 9.17) is 0 Å². The van der Waals surface area contributed by atoms with Gasteiger partial charge < -0.3 is 9.80 Å². The van der Waals surface area contributed by atoms with Crippen molar-refractivity contribution in [3.05, 3.63) is 44.9 Å². The van der Waals surface area contributed by atoms with Crippen LogP contribution in [0.4, 0.5) is 5.69 Å². The molecule has 1 amide bonds. The summed E-state index contributed by atoms with van der Waals surface area (Å²) in [6.07, 6.45) is 8.58. The molecule has 0 N–H and O–H groups in total. The van der Waals surface area contributed by atoms with Gasteiger partial charge in [0.1, 0.15) is 5.69 Å². The molecule has 5 nitrogen and oxygen atoms in total. The molecule has 0 atom stereocenters. The average Bonchev–Trinajstić information content (AvgIpc) is 3.22. The van der Waals surface area contributed by atoms with Crippen LogP contribution in [0.3, 0.4) is 0 Å². The fraction of sp³-hybridized carbons (Fsp3) is 0.542. The Kier molecular flexibility index (Phi) is 9.51. The maximum absolute atomic E-state index is 12.9. The van der Waals surface area contributed by atoms with Crippen LogP contribution in [0.15, 0.2) is 22.5 Å². The van der Waals surface area contributed by atoms with E-state index in [0.29, 0.717) is 11.7 Å². The van der Waals surface area contributed by atoms with Gasteiger partial charge in [-0.3, -0.25) is 4.79 Å². The summed E-state index contributed by atoms with van der Waals surface area (Å²) in [6, 6.07) is 4.70. The highest BCUT2D eigenvalue weighted by atomic mass is 35.5. The molecule has 0 saturated heterocycles. The number of aryl methyl sites for hydroxylation is 2. The molecule has 7 heteroatoms. The Labute approximate surface area is 197 Å². The third-order valence-electron chi connectivity index (χ3n) is 6.10. The number of aromatic nitrogens is 1. The second kappa shape index (κ2) is 11.6. The summed E-state index contributed by atoms with van der Waals surface area (Å²) in [5, 5.41) is 2.90. The van der Waals surface area contributed by atoms with Gasteiger partial charge in [0.2, 0.25) is 0 Å². The summed E-state index contributed by atoms with van der Waals surface area (Å²) in [4.78, 5) is 26.1. The molecule has 1 fully saturated rings. The monoisotopic (exact) mass is 462 g/mol. The van der Waals surface area contributed by atoms with E-state index < -0.39 is 0 Å². The van der Waals surface area contributed by atoms with Crippen LogP contribution in [0.25, 0.3) is 0 Å². The Hall–Kier alpha value is -1.92. The van der Waals surface area contributed by atoms with E-state index in [9.17, 15) is 4.79 Å². The number of halogens is 1. The van der Waals surface area contributed by atoms with Crippen LogP contribution in [0.5, 0.6) is 0 Å². The molecule has 1 aromatic carbocycles. The lowest BCUT2D eigenvalue weighted by atomic mass is 9.94. The van der Waals surface area contributed by atoms with Gasteiger partial charge in [0.25, 0.3) is 5.91 Å². The zero-order chi connectivity index (χ0) is 21.7. The molecular formula is C24H35ClN4OS. The van der Waals surface area contributed by atoms with E-state index in [1.165, 1.54) is 30.4 Å². The van der Waals surface area contributed by atoms with E-state index in [-0.39, 0.29) is 18.3 Å². The molecule has 0 unspecified atom stereocenters. The van der Waals surface area contributed by atoms with Crippen LogP contribution in [-0.2, 0) is 6.42 Å². The topological polar surface area (TPSA) is 48.8 Å². The first-order valence-electron chi connectivity index (χ1n) is 10.9. The van der Waals surface area contributed by atoms with Gasteiger partial charge in [0.05, 0.1) is 17.0 Å².